The van der Waals surface area contributed by atoms with Gasteiger partial charge in [-0.25, -0.2) is 9.59 Å². The Morgan fingerprint density at radius 2 is 1.44 bits per heavy atom. The van der Waals surface area contributed by atoms with Gasteiger partial charge in [0.05, 0.1) is 0 Å². The summed E-state index contributed by atoms with van der Waals surface area (Å²) < 4.78 is 9.79. The van der Waals surface area contributed by atoms with E-state index in [4.69, 9.17) is 9.47 Å². The number of ketones is 1. The van der Waals surface area contributed by atoms with Crippen molar-refractivity contribution in [3.05, 3.63) is 25.3 Å². The van der Waals surface area contributed by atoms with E-state index in [1.54, 1.807) is 6.92 Å². The minimum atomic E-state index is -0.747. The van der Waals surface area contributed by atoms with Crippen molar-refractivity contribution in [1.82, 2.24) is 0 Å². The van der Waals surface area contributed by atoms with Crippen LogP contribution in [-0.2, 0) is 23.9 Å². The Kier molecular flexibility index (Phi) is 6.63. The second-order valence-corrected chi connectivity index (χ2v) is 4.31. The van der Waals surface area contributed by atoms with E-state index in [1.165, 1.54) is 6.92 Å². The van der Waals surface area contributed by atoms with Gasteiger partial charge in [0.25, 0.3) is 0 Å². The minimum absolute atomic E-state index is 0.0259. The van der Waals surface area contributed by atoms with Crippen molar-refractivity contribution in [3.63, 3.8) is 0 Å². The Hall–Kier alpha value is -1.91. The standard InChI is InChI=1S/C13H18O5/c1-5-11(15)17-8-13(4,7-10(3)14)9-18-12(16)6-2/h5-6H,1-2,7-9H2,3-4H3. The van der Waals surface area contributed by atoms with Crippen LogP contribution in [0.4, 0.5) is 0 Å². The van der Waals surface area contributed by atoms with E-state index in [9.17, 15) is 14.4 Å². The van der Waals surface area contributed by atoms with Gasteiger partial charge in [-0.2, -0.15) is 0 Å². The molecule has 0 aromatic rings. The molecule has 5 nitrogen and oxygen atoms in total. The fourth-order valence-corrected chi connectivity index (χ4v) is 1.35. The molecule has 0 spiro atoms. The molecule has 0 amide bonds. The monoisotopic (exact) mass is 254 g/mol. The van der Waals surface area contributed by atoms with Gasteiger partial charge < -0.3 is 14.3 Å². The number of hydrogen-bond donors (Lipinski definition) is 0. The quantitative estimate of drug-likeness (QED) is 0.484. The maximum Gasteiger partial charge on any atom is 0.330 e. The largest absolute Gasteiger partial charge is 0.462 e. The number of rotatable bonds is 8. The van der Waals surface area contributed by atoms with E-state index in [0.29, 0.717) is 0 Å². The first-order valence-electron chi connectivity index (χ1n) is 5.41. The third kappa shape index (κ3) is 6.62. The summed E-state index contributed by atoms with van der Waals surface area (Å²) in [6, 6.07) is 0. The number of carbonyl (C=O) groups is 3. The summed E-state index contributed by atoms with van der Waals surface area (Å²) in [5.41, 5.74) is -0.747. The highest BCUT2D eigenvalue weighted by molar-refractivity contribution is 5.82. The van der Waals surface area contributed by atoms with Crippen molar-refractivity contribution in [2.24, 2.45) is 5.41 Å². The summed E-state index contributed by atoms with van der Waals surface area (Å²) in [4.78, 5) is 33.1. The van der Waals surface area contributed by atoms with Crippen LogP contribution in [0.3, 0.4) is 0 Å². The predicted molar refractivity (Wildman–Crippen MR) is 65.7 cm³/mol. The van der Waals surface area contributed by atoms with Crippen molar-refractivity contribution in [2.75, 3.05) is 13.2 Å². The number of ether oxygens (including phenoxy) is 2. The van der Waals surface area contributed by atoms with E-state index < -0.39 is 17.4 Å². The summed E-state index contributed by atoms with van der Waals surface area (Å²) in [6.07, 6.45) is 2.20. The predicted octanol–water partition coefficient (Wildman–Crippen LogP) is 1.43. The van der Waals surface area contributed by atoms with Gasteiger partial charge in [0.2, 0.25) is 0 Å². The van der Waals surface area contributed by atoms with E-state index in [-0.39, 0.29) is 25.4 Å². The molecule has 0 fully saturated rings. The lowest BCUT2D eigenvalue weighted by molar-refractivity contribution is -0.149. The van der Waals surface area contributed by atoms with Gasteiger partial charge in [0.1, 0.15) is 19.0 Å². The number of hydrogen-bond acceptors (Lipinski definition) is 5. The molecule has 0 heterocycles. The van der Waals surface area contributed by atoms with Crippen molar-refractivity contribution >= 4 is 17.7 Å². The lowest BCUT2D eigenvalue weighted by Crippen LogP contribution is -2.33. The van der Waals surface area contributed by atoms with Crippen molar-refractivity contribution in [1.29, 1.82) is 0 Å². The molecule has 0 atom stereocenters. The van der Waals surface area contributed by atoms with Crippen LogP contribution < -0.4 is 0 Å². The average molecular weight is 254 g/mol. The lowest BCUT2D eigenvalue weighted by atomic mass is 9.87. The number of Topliss-reactive ketones (excluding diaryl/α,β-unsaturated/α-hetero) is 1. The van der Waals surface area contributed by atoms with E-state index in [1.807, 2.05) is 0 Å². The Morgan fingerprint density at radius 3 is 1.72 bits per heavy atom. The molecule has 0 bridgehead atoms. The first-order chi connectivity index (χ1) is 8.33. The second-order valence-electron chi connectivity index (χ2n) is 4.31. The third-order valence-corrected chi connectivity index (χ3v) is 2.13. The molecule has 0 saturated heterocycles. The highest BCUT2D eigenvalue weighted by atomic mass is 16.5. The summed E-state index contributed by atoms with van der Waals surface area (Å²) in [5, 5.41) is 0. The van der Waals surface area contributed by atoms with Crippen LogP contribution in [0.25, 0.3) is 0 Å². The molecule has 0 N–H and O–H groups in total. The van der Waals surface area contributed by atoms with Gasteiger partial charge >= 0.3 is 11.9 Å². The Labute approximate surface area is 106 Å². The fourth-order valence-electron chi connectivity index (χ4n) is 1.35. The first-order valence-corrected chi connectivity index (χ1v) is 5.41. The molecule has 100 valence electrons. The van der Waals surface area contributed by atoms with Crippen molar-refractivity contribution in [2.45, 2.75) is 20.3 Å². The molecular formula is C13H18O5. The van der Waals surface area contributed by atoms with E-state index in [0.717, 1.165) is 12.2 Å². The van der Waals surface area contributed by atoms with Crippen LogP contribution in [-0.4, -0.2) is 30.9 Å². The first kappa shape index (κ1) is 16.1. The van der Waals surface area contributed by atoms with Gasteiger partial charge in [-0.3, -0.25) is 0 Å². The fraction of sp³-hybridized carbons (Fsp3) is 0.462. The van der Waals surface area contributed by atoms with E-state index >= 15 is 0 Å². The van der Waals surface area contributed by atoms with Crippen LogP contribution in [0.1, 0.15) is 20.3 Å². The van der Waals surface area contributed by atoms with Crippen molar-refractivity contribution < 1.29 is 23.9 Å². The molecule has 0 aliphatic heterocycles. The summed E-state index contributed by atoms with van der Waals surface area (Å²) in [7, 11) is 0. The summed E-state index contributed by atoms with van der Waals surface area (Å²) in [6.45, 7) is 9.60. The normalized spacial score (nSPS) is 10.3. The van der Waals surface area contributed by atoms with Gasteiger partial charge in [0, 0.05) is 24.0 Å². The topological polar surface area (TPSA) is 69.7 Å². The zero-order valence-corrected chi connectivity index (χ0v) is 10.7. The maximum absolute atomic E-state index is 11.2. The molecule has 0 unspecified atom stereocenters. The third-order valence-electron chi connectivity index (χ3n) is 2.13. The number of carbonyl (C=O) groups excluding carboxylic acids is 3. The van der Waals surface area contributed by atoms with Crippen LogP contribution in [0.5, 0.6) is 0 Å². The van der Waals surface area contributed by atoms with Gasteiger partial charge in [-0.05, 0) is 6.92 Å². The van der Waals surface area contributed by atoms with Gasteiger partial charge in [-0.1, -0.05) is 20.1 Å². The van der Waals surface area contributed by atoms with Crippen molar-refractivity contribution in [3.8, 4) is 0 Å². The molecule has 0 aromatic heterocycles. The van der Waals surface area contributed by atoms with Crippen LogP contribution >= 0.6 is 0 Å². The smallest absolute Gasteiger partial charge is 0.330 e. The van der Waals surface area contributed by atoms with Gasteiger partial charge in [0.15, 0.2) is 0 Å². The highest BCUT2D eigenvalue weighted by Crippen LogP contribution is 2.23. The Morgan fingerprint density at radius 1 is 1.06 bits per heavy atom. The van der Waals surface area contributed by atoms with Crippen LogP contribution in [0.15, 0.2) is 25.3 Å². The SMILES string of the molecule is C=CC(=O)OCC(C)(COC(=O)C=C)CC(C)=O. The van der Waals surface area contributed by atoms with Gasteiger partial charge in [-0.15, -0.1) is 0 Å². The molecule has 0 aromatic carbocycles. The molecule has 18 heavy (non-hydrogen) atoms. The minimum Gasteiger partial charge on any atom is -0.462 e. The zero-order valence-electron chi connectivity index (χ0n) is 10.7. The zero-order chi connectivity index (χ0) is 14.2. The molecule has 0 radical (unpaired) electrons. The average Bonchev–Trinajstić information content (AvgIpc) is 2.32. The highest BCUT2D eigenvalue weighted by Gasteiger charge is 2.29. The summed E-state index contributed by atoms with van der Waals surface area (Å²) in [5.74, 6) is -1.25. The van der Waals surface area contributed by atoms with Crippen LogP contribution in [0, 0.1) is 5.41 Å². The lowest BCUT2D eigenvalue weighted by Gasteiger charge is -2.26. The molecule has 0 aliphatic carbocycles. The molecule has 0 rings (SSSR count). The van der Waals surface area contributed by atoms with E-state index in [2.05, 4.69) is 13.2 Å². The Balaban J connectivity index is 4.55. The molecule has 5 heteroatoms. The number of esters is 2. The second kappa shape index (κ2) is 7.42. The molecule has 0 saturated carbocycles. The van der Waals surface area contributed by atoms with Crippen LogP contribution in [0.2, 0.25) is 0 Å². The maximum atomic E-state index is 11.2. The molecule has 0 aliphatic rings. The molecular weight excluding hydrogens is 236 g/mol. The Bertz CT molecular complexity index is 332. The summed E-state index contributed by atoms with van der Waals surface area (Å²) >= 11 is 0.